The van der Waals surface area contributed by atoms with Gasteiger partial charge in [0.25, 0.3) is 0 Å². The van der Waals surface area contributed by atoms with Gasteiger partial charge in [-0.15, -0.1) is 5.10 Å². The zero-order chi connectivity index (χ0) is 15.7. The molecule has 0 fully saturated rings. The molecule has 0 bridgehead atoms. The lowest BCUT2D eigenvalue weighted by Crippen LogP contribution is -2.31. The molecule has 0 unspecified atom stereocenters. The number of rotatable bonds is 2. The van der Waals surface area contributed by atoms with E-state index in [-0.39, 0.29) is 6.03 Å². The maximum Gasteiger partial charge on any atom is 0.350 e. The summed E-state index contributed by atoms with van der Waals surface area (Å²) in [7, 11) is 5.68. The van der Waals surface area contributed by atoms with Crippen LogP contribution in [0.15, 0.2) is 48.5 Å². The van der Waals surface area contributed by atoms with Crippen LogP contribution in [0.5, 0.6) is 0 Å². The maximum atomic E-state index is 12.6. The van der Waals surface area contributed by atoms with Gasteiger partial charge in [-0.1, -0.05) is 17.3 Å². The molecule has 1 heterocycles. The van der Waals surface area contributed by atoms with Crippen molar-refractivity contribution in [1.29, 1.82) is 0 Å². The first-order valence-corrected chi connectivity index (χ1v) is 6.94. The van der Waals surface area contributed by atoms with E-state index in [1.54, 1.807) is 11.9 Å². The molecule has 0 aliphatic rings. The van der Waals surface area contributed by atoms with E-state index in [4.69, 9.17) is 0 Å². The third kappa shape index (κ3) is 2.39. The second-order valence-electron chi connectivity index (χ2n) is 5.24. The third-order valence-corrected chi connectivity index (χ3v) is 3.57. The summed E-state index contributed by atoms with van der Waals surface area (Å²) in [5, 5.41) is 7.97. The summed E-state index contributed by atoms with van der Waals surface area (Å²) < 4.78 is 1.31. The minimum atomic E-state index is -0.244. The first-order valence-electron chi connectivity index (χ1n) is 6.94. The molecule has 6 heteroatoms. The van der Waals surface area contributed by atoms with Gasteiger partial charge in [0.2, 0.25) is 0 Å². The Morgan fingerprint density at radius 1 is 0.955 bits per heavy atom. The normalized spacial score (nSPS) is 10.7. The number of fused-ring (bicyclic) bond motifs is 1. The van der Waals surface area contributed by atoms with Crippen LogP contribution in [0.2, 0.25) is 0 Å². The highest BCUT2D eigenvalue weighted by Gasteiger charge is 2.17. The Morgan fingerprint density at radius 3 is 2.27 bits per heavy atom. The lowest BCUT2D eigenvalue weighted by atomic mass is 10.2. The number of hydrogen-bond donors (Lipinski definition) is 0. The lowest BCUT2D eigenvalue weighted by molar-refractivity contribution is 0.246. The molecule has 2 aromatic carbocycles. The van der Waals surface area contributed by atoms with Gasteiger partial charge in [0.1, 0.15) is 5.52 Å². The van der Waals surface area contributed by atoms with Crippen LogP contribution in [0.1, 0.15) is 0 Å². The highest BCUT2D eigenvalue weighted by molar-refractivity contribution is 5.97. The number of benzene rings is 2. The monoisotopic (exact) mass is 295 g/mol. The molecule has 6 nitrogen and oxygen atoms in total. The topological polar surface area (TPSA) is 54.3 Å². The molecule has 0 saturated carbocycles. The minimum Gasteiger partial charge on any atom is -0.378 e. The summed E-state index contributed by atoms with van der Waals surface area (Å²) in [6.45, 7) is 0. The Morgan fingerprint density at radius 2 is 1.59 bits per heavy atom. The number of carbonyl (C=O) groups excluding carboxylic acids is 1. The molecule has 22 heavy (non-hydrogen) atoms. The highest BCUT2D eigenvalue weighted by atomic mass is 16.2. The largest absolute Gasteiger partial charge is 0.378 e. The number of anilines is 2. The van der Waals surface area contributed by atoms with Crippen LogP contribution >= 0.6 is 0 Å². The molecule has 0 saturated heterocycles. The first kappa shape index (κ1) is 14.1. The molecule has 0 aliphatic carbocycles. The number of aromatic nitrogens is 3. The third-order valence-electron chi connectivity index (χ3n) is 3.57. The smallest absolute Gasteiger partial charge is 0.350 e. The van der Waals surface area contributed by atoms with Gasteiger partial charge in [0, 0.05) is 32.5 Å². The average molecular weight is 295 g/mol. The van der Waals surface area contributed by atoms with Crippen molar-refractivity contribution in [3.05, 3.63) is 48.5 Å². The molecule has 0 spiro atoms. The van der Waals surface area contributed by atoms with Crippen molar-refractivity contribution in [3.63, 3.8) is 0 Å². The summed E-state index contributed by atoms with van der Waals surface area (Å²) in [5.74, 6) is 0. The number of amides is 1. The summed E-state index contributed by atoms with van der Waals surface area (Å²) >= 11 is 0. The lowest BCUT2D eigenvalue weighted by Gasteiger charge is -2.18. The van der Waals surface area contributed by atoms with E-state index in [2.05, 4.69) is 10.3 Å². The molecule has 0 N–H and O–H groups in total. The Bertz CT molecular complexity index is 807. The van der Waals surface area contributed by atoms with Crippen LogP contribution in [0.25, 0.3) is 11.0 Å². The van der Waals surface area contributed by atoms with Gasteiger partial charge in [0.05, 0.1) is 5.52 Å². The number of carbonyl (C=O) groups is 1. The van der Waals surface area contributed by atoms with Crippen molar-refractivity contribution in [3.8, 4) is 0 Å². The minimum absolute atomic E-state index is 0.244. The van der Waals surface area contributed by atoms with Crippen molar-refractivity contribution in [2.75, 3.05) is 30.9 Å². The molecule has 1 amide bonds. The zero-order valence-corrected chi connectivity index (χ0v) is 12.8. The standard InChI is InChI=1S/C16H17N5O/c1-19(2)12-8-10-13(11-9-12)20(3)16(22)21-15-7-5-4-6-14(15)17-18-21/h4-11H,1-3H3. The van der Waals surface area contributed by atoms with Crippen molar-refractivity contribution >= 4 is 28.4 Å². The van der Waals surface area contributed by atoms with Crippen LogP contribution in [-0.4, -0.2) is 42.2 Å². The van der Waals surface area contributed by atoms with E-state index in [0.717, 1.165) is 11.4 Å². The fourth-order valence-corrected chi connectivity index (χ4v) is 2.24. The van der Waals surface area contributed by atoms with Gasteiger partial charge >= 0.3 is 6.03 Å². The fraction of sp³-hybridized carbons (Fsp3) is 0.188. The zero-order valence-electron chi connectivity index (χ0n) is 12.8. The SMILES string of the molecule is CN(C)c1ccc(N(C)C(=O)n2nnc3ccccc32)cc1. The summed E-state index contributed by atoms with van der Waals surface area (Å²) in [5.41, 5.74) is 3.28. The average Bonchev–Trinajstić information content (AvgIpc) is 2.97. The number of nitrogens with zero attached hydrogens (tertiary/aromatic N) is 5. The molecular weight excluding hydrogens is 278 g/mol. The highest BCUT2D eigenvalue weighted by Crippen LogP contribution is 2.20. The van der Waals surface area contributed by atoms with E-state index < -0.39 is 0 Å². The van der Waals surface area contributed by atoms with Gasteiger partial charge in [-0.3, -0.25) is 4.90 Å². The van der Waals surface area contributed by atoms with Crippen molar-refractivity contribution in [2.45, 2.75) is 0 Å². The second-order valence-corrected chi connectivity index (χ2v) is 5.24. The number of hydrogen-bond acceptors (Lipinski definition) is 4. The molecule has 1 aromatic heterocycles. The van der Waals surface area contributed by atoms with Gasteiger partial charge < -0.3 is 4.90 Å². The molecule has 0 atom stereocenters. The van der Waals surface area contributed by atoms with Crippen LogP contribution in [0.3, 0.4) is 0 Å². The Balaban J connectivity index is 1.91. The van der Waals surface area contributed by atoms with E-state index in [0.29, 0.717) is 11.0 Å². The predicted molar refractivity (Wildman–Crippen MR) is 87.5 cm³/mol. The van der Waals surface area contributed by atoms with Gasteiger partial charge in [0.15, 0.2) is 0 Å². The predicted octanol–water partition coefficient (Wildman–Crippen LogP) is 2.60. The first-order chi connectivity index (χ1) is 10.6. The van der Waals surface area contributed by atoms with Gasteiger partial charge in [-0.2, -0.15) is 4.68 Å². The molecule has 3 rings (SSSR count). The molecule has 3 aromatic rings. The quantitative estimate of drug-likeness (QED) is 0.729. The van der Waals surface area contributed by atoms with E-state index in [1.165, 1.54) is 4.68 Å². The Hall–Kier alpha value is -2.89. The maximum absolute atomic E-state index is 12.6. The van der Waals surface area contributed by atoms with E-state index in [9.17, 15) is 4.79 Å². The Kier molecular flexibility index (Phi) is 3.50. The van der Waals surface area contributed by atoms with Crippen molar-refractivity contribution < 1.29 is 4.79 Å². The summed E-state index contributed by atoms with van der Waals surface area (Å²) in [4.78, 5) is 16.2. The van der Waals surface area contributed by atoms with Crippen LogP contribution in [0.4, 0.5) is 16.2 Å². The van der Waals surface area contributed by atoms with E-state index >= 15 is 0 Å². The fourth-order valence-electron chi connectivity index (χ4n) is 2.24. The summed E-state index contributed by atoms with van der Waals surface area (Å²) in [6, 6.07) is 14.9. The molecular formula is C16H17N5O. The second kappa shape index (κ2) is 5.48. The van der Waals surface area contributed by atoms with Crippen LogP contribution in [0, 0.1) is 0 Å². The van der Waals surface area contributed by atoms with Crippen LogP contribution in [-0.2, 0) is 0 Å². The van der Waals surface area contributed by atoms with Gasteiger partial charge in [-0.25, -0.2) is 4.79 Å². The Labute approximate surface area is 128 Å². The summed E-state index contributed by atoms with van der Waals surface area (Å²) in [6.07, 6.45) is 0. The van der Waals surface area contributed by atoms with Crippen molar-refractivity contribution in [1.82, 2.24) is 15.0 Å². The van der Waals surface area contributed by atoms with Gasteiger partial charge in [-0.05, 0) is 36.4 Å². The van der Waals surface area contributed by atoms with E-state index in [1.807, 2.05) is 67.5 Å². The molecule has 112 valence electrons. The van der Waals surface area contributed by atoms with Crippen molar-refractivity contribution in [2.24, 2.45) is 0 Å². The molecule has 0 aliphatic heterocycles. The molecule has 0 radical (unpaired) electrons. The number of para-hydroxylation sites is 1. The van der Waals surface area contributed by atoms with Crippen LogP contribution < -0.4 is 9.80 Å².